The van der Waals surface area contributed by atoms with Crippen molar-refractivity contribution in [3.05, 3.63) is 42.0 Å². The van der Waals surface area contributed by atoms with E-state index >= 15 is 0 Å². The first kappa shape index (κ1) is 14.6. The van der Waals surface area contributed by atoms with Gasteiger partial charge in [0.05, 0.1) is 7.11 Å². The van der Waals surface area contributed by atoms with Crippen LogP contribution >= 0.6 is 0 Å². The van der Waals surface area contributed by atoms with Crippen LogP contribution in [-0.4, -0.2) is 18.2 Å². The number of carbonyl (C=O) groups is 1. The molecule has 3 heteroatoms. The molecule has 0 heterocycles. The quantitative estimate of drug-likeness (QED) is 0.825. The van der Waals surface area contributed by atoms with Crippen LogP contribution < -0.4 is 4.74 Å². The van der Waals surface area contributed by atoms with Gasteiger partial charge in [-0.15, -0.1) is 0 Å². The normalized spacial score (nSPS) is 22.9. The molecule has 1 N–H and O–H groups in total. The topological polar surface area (TPSA) is 46.5 Å². The van der Waals surface area contributed by atoms with Gasteiger partial charge in [0.1, 0.15) is 5.75 Å². The fraction of sp³-hybridized carbons (Fsp3) is 0.471. The molecule has 0 spiro atoms. The second-order valence-corrected chi connectivity index (χ2v) is 5.47. The number of rotatable bonds is 5. The Kier molecular flexibility index (Phi) is 5.22. The third kappa shape index (κ3) is 4.12. The summed E-state index contributed by atoms with van der Waals surface area (Å²) in [5, 5.41) is 8.58. The third-order valence-electron chi connectivity index (χ3n) is 4.16. The Morgan fingerprint density at radius 2 is 1.90 bits per heavy atom. The van der Waals surface area contributed by atoms with E-state index in [1.54, 1.807) is 13.2 Å². The van der Waals surface area contributed by atoms with Crippen molar-refractivity contribution in [3.8, 4) is 5.75 Å². The molecule has 0 unspecified atom stereocenters. The van der Waals surface area contributed by atoms with Crippen LogP contribution in [0, 0.1) is 5.92 Å². The largest absolute Gasteiger partial charge is 0.497 e. The summed E-state index contributed by atoms with van der Waals surface area (Å²) in [6.45, 7) is 0. The highest BCUT2D eigenvalue weighted by Crippen LogP contribution is 2.37. The summed E-state index contributed by atoms with van der Waals surface area (Å²) in [6, 6.07) is 8.37. The molecule has 1 saturated carbocycles. The Bertz CT molecular complexity index is 454. The lowest BCUT2D eigenvalue weighted by Gasteiger charge is -2.28. The molecule has 0 saturated heterocycles. The molecular weight excluding hydrogens is 252 g/mol. The van der Waals surface area contributed by atoms with Crippen molar-refractivity contribution in [1.82, 2.24) is 0 Å². The van der Waals surface area contributed by atoms with Crippen LogP contribution in [0.25, 0.3) is 0 Å². The molecule has 1 aliphatic carbocycles. The number of carboxylic acid groups (broad SMARTS) is 1. The highest BCUT2D eigenvalue weighted by molar-refractivity contribution is 5.79. The van der Waals surface area contributed by atoms with E-state index in [9.17, 15) is 4.79 Å². The minimum atomic E-state index is -0.850. The molecule has 3 nitrogen and oxygen atoms in total. The average Bonchev–Trinajstić information content (AvgIpc) is 2.48. The first-order valence-corrected chi connectivity index (χ1v) is 7.22. The molecule has 1 aromatic carbocycles. The summed E-state index contributed by atoms with van der Waals surface area (Å²) in [5.41, 5.74) is 1.39. The molecule has 1 fully saturated rings. The number of ether oxygens (including phenoxy) is 1. The molecule has 0 amide bonds. The zero-order valence-electron chi connectivity index (χ0n) is 11.9. The molecule has 2 rings (SSSR count). The SMILES string of the molecule is COc1ccc([C@H]2CC[C@H](C/C=C/C(=O)O)CC2)cc1. The van der Waals surface area contributed by atoms with E-state index in [1.165, 1.54) is 37.3 Å². The molecular formula is C17H22O3. The van der Waals surface area contributed by atoms with E-state index in [0.29, 0.717) is 11.8 Å². The van der Waals surface area contributed by atoms with Crippen molar-refractivity contribution < 1.29 is 14.6 Å². The van der Waals surface area contributed by atoms with Gasteiger partial charge in [-0.05, 0) is 61.6 Å². The van der Waals surface area contributed by atoms with Gasteiger partial charge in [0.15, 0.2) is 0 Å². The Balaban J connectivity index is 1.82. The molecule has 0 atom stereocenters. The lowest BCUT2D eigenvalue weighted by Crippen LogP contribution is -2.12. The summed E-state index contributed by atoms with van der Waals surface area (Å²) in [4.78, 5) is 10.4. The number of benzene rings is 1. The van der Waals surface area contributed by atoms with Crippen molar-refractivity contribution in [2.75, 3.05) is 7.11 Å². The fourth-order valence-corrected chi connectivity index (χ4v) is 2.97. The van der Waals surface area contributed by atoms with Gasteiger partial charge in [0.25, 0.3) is 0 Å². The van der Waals surface area contributed by atoms with E-state index in [-0.39, 0.29) is 0 Å². The fourth-order valence-electron chi connectivity index (χ4n) is 2.97. The first-order valence-electron chi connectivity index (χ1n) is 7.22. The lowest BCUT2D eigenvalue weighted by molar-refractivity contribution is -0.131. The van der Waals surface area contributed by atoms with Gasteiger partial charge in [-0.3, -0.25) is 0 Å². The van der Waals surface area contributed by atoms with Crippen LogP contribution in [0.5, 0.6) is 5.75 Å². The first-order chi connectivity index (χ1) is 9.69. The molecule has 1 aromatic rings. The van der Waals surface area contributed by atoms with Gasteiger partial charge >= 0.3 is 5.97 Å². The summed E-state index contributed by atoms with van der Waals surface area (Å²) in [7, 11) is 1.69. The number of hydrogen-bond acceptors (Lipinski definition) is 2. The van der Waals surface area contributed by atoms with Crippen molar-refractivity contribution >= 4 is 5.97 Å². The zero-order valence-corrected chi connectivity index (χ0v) is 11.9. The molecule has 0 aromatic heterocycles. The number of allylic oxidation sites excluding steroid dienone is 1. The molecule has 0 radical (unpaired) electrons. The van der Waals surface area contributed by atoms with E-state index in [0.717, 1.165) is 12.2 Å². The zero-order chi connectivity index (χ0) is 14.4. The number of carboxylic acids is 1. The van der Waals surface area contributed by atoms with Gasteiger partial charge in [-0.1, -0.05) is 18.2 Å². The average molecular weight is 274 g/mol. The maximum absolute atomic E-state index is 10.4. The monoisotopic (exact) mass is 274 g/mol. The standard InChI is InChI=1S/C17H22O3/c1-20-16-11-9-15(10-12-16)14-7-5-13(6-8-14)3-2-4-17(18)19/h2,4,9-14H,3,5-8H2,1H3,(H,18,19)/b4-2+/t13-,14-. The predicted molar refractivity (Wildman–Crippen MR) is 79.1 cm³/mol. The highest BCUT2D eigenvalue weighted by Gasteiger charge is 2.21. The van der Waals surface area contributed by atoms with Gasteiger partial charge in [0, 0.05) is 6.08 Å². The number of methoxy groups -OCH3 is 1. The van der Waals surface area contributed by atoms with Crippen molar-refractivity contribution in [3.63, 3.8) is 0 Å². The third-order valence-corrected chi connectivity index (χ3v) is 4.16. The van der Waals surface area contributed by atoms with Crippen LogP contribution in [0.15, 0.2) is 36.4 Å². The summed E-state index contributed by atoms with van der Waals surface area (Å²) < 4.78 is 5.18. The van der Waals surface area contributed by atoms with Crippen LogP contribution in [0.3, 0.4) is 0 Å². The van der Waals surface area contributed by atoms with Crippen molar-refractivity contribution in [2.24, 2.45) is 5.92 Å². The molecule has 108 valence electrons. The van der Waals surface area contributed by atoms with Crippen molar-refractivity contribution in [2.45, 2.75) is 38.0 Å². The van der Waals surface area contributed by atoms with Crippen molar-refractivity contribution in [1.29, 1.82) is 0 Å². The lowest BCUT2D eigenvalue weighted by atomic mass is 9.77. The second kappa shape index (κ2) is 7.13. The van der Waals surface area contributed by atoms with Gasteiger partial charge in [-0.2, -0.15) is 0 Å². The maximum atomic E-state index is 10.4. The van der Waals surface area contributed by atoms with Crippen LogP contribution in [0.2, 0.25) is 0 Å². The van der Waals surface area contributed by atoms with Gasteiger partial charge < -0.3 is 9.84 Å². The smallest absolute Gasteiger partial charge is 0.327 e. The Hall–Kier alpha value is -1.77. The molecule has 0 aliphatic heterocycles. The summed E-state index contributed by atoms with van der Waals surface area (Å²) in [5.74, 6) is 1.33. The molecule has 1 aliphatic rings. The number of hydrogen-bond donors (Lipinski definition) is 1. The Morgan fingerprint density at radius 3 is 2.45 bits per heavy atom. The molecule has 20 heavy (non-hydrogen) atoms. The Morgan fingerprint density at radius 1 is 1.25 bits per heavy atom. The summed E-state index contributed by atoms with van der Waals surface area (Å²) >= 11 is 0. The van der Waals surface area contributed by atoms with Crippen LogP contribution in [0.4, 0.5) is 0 Å². The van der Waals surface area contributed by atoms with Crippen LogP contribution in [-0.2, 0) is 4.79 Å². The second-order valence-electron chi connectivity index (χ2n) is 5.47. The summed E-state index contributed by atoms with van der Waals surface area (Å²) in [6.07, 6.45) is 8.69. The highest BCUT2D eigenvalue weighted by atomic mass is 16.5. The maximum Gasteiger partial charge on any atom is 0.327 e. The predicted octanol–water partition coefficient (Wildman–Crippen LogP) is 4.00. The van der Waals surface area contributed by atoms with E-state index in [1.807, 2.05) is 12.1 Å². The minimum Gasteiger partial charge on any atom is -0.497 e. The van der Waals surface area contributed by atoms with Gasteiger partial charge in [-0.25, -0.2) is 4.79 Å². The van der Waals surface area contributed by atoms with Gasteiger partial charge in [0.2, 0.25) is 0 Å². The van der Waals surface area contributed by atoms with E-state index < -0.39 is 5.97 Å². The Labute approximate surface area is 120 Å². The van der Waals surface area contributed by atoms with E-state index in [2.05, 4.69) is 12.1 Å². The minimum absolute atomic E-state index is 0.639. The number of aliphatic carboxylic acids is 1. The molecule has 0 bridgehead atoms. The van der Waals surface area contributed by atoms with E-state index in [4.69, 9.17) is 9.84 Å². The van der Waals surface area contributed by atoms with Crippen LogP contribution in [0.1, 0.15) is 43.6 Å².